The molecule has 6 heteroatoms. The number of hydrogen-bond donors (Lipinski definition) is 2. The second-order valence-electron chi connectivity index (χ2n) is 6.55. The zero-order valence-electron chi connectivity index (χ0n) is 13.8. The average molecular weight is 336 g/mol. The molecule has 0 aromatic heterocycles. The number of nitrogens with zero attached hydrogens (tertiary/aromatic N) is 1. The van der Waals surface area contributed by atoms with E-state index >= 15 is 0 Å². The maximum atomic E-state index is 13.6. The van der Waals surface area contributed by atoms with Gasteiger partial charge in [-0.25, -0.2) is 4.39 Å². The number of morpholine rings is 1. The summed E-state index contributed by atoms with van der Waals surface area (Å²) in [6.45, 7) is 3.05. The number of ether oxygens (including phenoxy) is 1. The Balaban J connectivity index is 1.47. The minimum Gasteiger partial charge on any atom is -0.389 e. The lowest BCUT2D eigenvalue weighted by atomic mass is 10.1. The molecule has 0 bridgehead atoms. The van der Waals surface area contributed by atoms with Crippen LogP contribution in [0.15, 0.2) is 24.3 Å². The summed E-state index contributed by atoms with van der Waals surface area (Å²) in [5.74, 6) is -0.413. The lowest BCUT2D eigenvalue weighted by Crippen LogP contribution is -2.51. The van der Waals surface area contributed by atoms with Gasteiger partial charge >= 0.3 is 0 Å². The van der Waals surface area contributed by atoms with E-state index in [-0.39, 0.29) is 30.2 Å². The second-order valence-corrected chi connectivity index (χ2v) is 6.55. The normalized spacial score (nSPS) is 28.0. The summed E-state index contributed by atoms with van der Waals surface area (Å²) in [7, 11) is 0. The zero-order valence-corrected chi connectivity index (χ0v) is 13.8. The molecule has 2 N–H and O–H groups in total. The van der Waals surface area contributed by atoms with E-state index in [0.717, 1.165) is 25.9 Å². The van der Waals surface area contributed by atoms with Crippen molar-refractivity contribution in [2.45, 2.75) is 43.9 Å². The van der Waals surface area contributed by atoms with Gasteiger partial charge in [0.05, 0.1) is 25.4 Å². The third-order valence-electron chi connectivity index (χ3n) is 5.02. The summed E-state index contributed by atoms with van der Waals surface area (Å²) in [6, 6.07) is 6.38. The summed E-state index contributed by atoms with van der Waals surface area (Å²) in [4.78, 5) is 14.4. The standard InChI is InChI=1S/C18H25FN2O3/c19-14-4-2-1-3-13(14)5-8-17(22)20-15-6-7-16(18(15)23)21-9-11-24-12-10-21/h1-4,15-16,18,23H,5-12H2,(H,20,22)/t15-,16-,18-/m1/s1. The third-order valence-corrected chi connectivity index (χ3v) is 5.02. The van der Waals surface area contributed by atoms with Gasteiger partial charge in [-0.1, -0.05) is 18.2 Å². The zero-order chi connectivity index (χ0) is 16.9. The molecule has 1 heterocycles. The van der Waals surface area contributed by atoms with E-state index < -0.39 is 6.10 Å². The molecule has 0 spiro atoms. The number of aliphatic hydroxyl groups is 1. The highest BCUT2D eigenvalue weighted by Crippen LogP contribution is 2.25. The molecule has 1 saturated carbocycles. The molecule has 132 valence electrons. The Morgan fingerprint density at radius 2 is 2.04 bits per heavy atom. The molecule has 5 nitrogen and oxygen atoms in total. The van der Waals surface area contributed by atoms with Crippen LogP contribution in [0.5, 0.6) is 0 Å². The quantitative estimate of drug-likeness (QED) is 0.845. The van der Waals surface area contributed by atoms with Crippen molar-refractivity contribution in [3.63, 3.8) is 0 Å². The van der Waals surface area contributed by atoms with Gasteiger partial charge in [-0.2, -0.15) is 0 Å². The van der Waals surface area contributed by atoms with E-state index in [1.807, 2.05) is 0 Å². The van der Waals surface area contributed by atoms with Crippen LogP contribution in [0.4, 0.5) is 4.39 Å². The Morgan fingerprint density at radius 3 is 2.79 bits per heavy atom. The number of benzene rings is 1. The van der Waals surface area contributed by atoms with E-state index in [4.69, 9.17) is 4.74 Å². The lowest BCUT2D eigenvalue weighted by Gasteiger charge is -2.34. The van der Waals surface area contributed by atoms with Crippen molar-refractivity contribution in [3.8, 4) is 0 Å². The van der Waals surface area contributed by atoms with Crippen LogP contribution < -0.4 is 5.32 Å². The van der Waals surface area contributed by atoms with Crippen LogP contribution in [0, 0.1) is 5.82 Å². The first-order valence-corrected chi connectivity index (χ1v) is 8.68. The summed E-state index contributed by atoms with van der Waals surface area (Å²) in [6.07, 6.45) is 1.69. The lowest BCUT2D eigenvalue weighted by molar-refractivity contribution is -0.122. The molecule has 1 aromatic carbocycles. The molecule has 1 aromatic rings. The number of amides is 1. The van der Waals surface area contributed by atoms with Crippen molar-refractivity contribution < 1.29 is 19.0 Å². The fraction of sp³-hybridized carbons (Fsp3) is 0.611. The first-order valence-electron chi connectivity index (χ1n) is 8.68. The fourth-order valence-electron chi connectivity index (χ4n) is 3.65. The monoisotopic (exact) mass is 336 g/mol. The molecular formula is C18H25FN2O3. The number of aryl methyl sites for hydroxylation is 1. The minimum atomic E-state index is -0.555. The van der Waals surface area contributed by atoms with E-state index in [9.17, 15) is 14.3 Å². The molecule has 1 saturated heterocycles. The van der Waals surface area contributed by atoms with Crippen molar-refractivity contribution in [3.05, 3.63) is 35.6 Å². The number of halogens is 1. The number of hydrogen-bond acceptors (Lipinski definition) is 4. The van der Waals surface area contributed by atoms with E-state index in [0.29, 0.717) is 25.2 Å². The van der Waals surface area contributed by atoms with Crippen LogP contribution in [0.25, 0.3) is 0 Å². The van der Waals surface area contributed by atoms with Gasteiger partial charge in [-0.3, -0.25) is 9.69 Å². The van der Waals surface area contributed by atoms with E-state index in [1.54, 1.807) is 18.2 Å². The first-order chi connectivity index (χ1) is 11.6. The van der Waals surface area contributed by atoms with Gasteiger partial charge in [-0.15, -0.1) is 0 Å². The molecule has 2 fully saturated rings. The molecule has 1 amide bonds. The van der Waals surface area contributed by atoms with Gasteiger partial charge in [0.1, 0.15) is 5.82 Å². The van der Waals surface area contributed by atoms with Crippen molar-refractivity contribution in [2.75, 3.05) is 26.3 Å². The molecule has 2 aliphatic rings. The Bertz CT molecular complexity index is 563. The van der Waals surface area contributed by atoms with Gasteiger partial charge in [0.25, 0.3) is 0 Å². The van der Waals surface area contributed by atoms with E-state index in [1.165, 1.54) is 6.07 Å². The van der Waals surface area contributed by atoms with Crippen LogP contribution in [0.2, 0.25) is 0 Å². The maximum Gasteiger partial charge on any atom is 0.220 e. The number of rotatable bonds is 5. The molecule has 1 aliphatic heterocycles. The Labute approximate surface area is 141 Å². The van der Waals surface area contributed by atoms with Gasteiger partial charge in [-0.05, 0) is 30.9 Å². The fourth-order valence-corrected chi connectivity index (χ4v) is 3.65. The predicted molar refractivity (Wildman–Crippen MR) is 88.1 cm³/mol. The van der Waals surface area contributed by atoms with Crippen LogP contribution in [0.3, 0.4) is 0 Å². The highest BCUT2D eigenvalue weighted by atomic mass is 19.1. The van der Waals surface area contributed by atoms with Crippen molar-refractivity contribution >= 4 is 5.91 Å². The summed E-state index contributed by atoms with van der Waals surface area (Å²) in [5.41, 5.74) is 0.547. The van der Waals surface area contributed by atoms with Gasteiger partial charge < -0.3 is 15.2 Å². The molecular weight excluding hydrogens is 311 g/mol. The molecule has 1 aliphatic carbocycles. The smallest absolute Gasteiger partial charge is 0.220 e. The number of nitrogens with one attached hydrogen (secondary N) is 1. The highest BCUT2D eigenvalue weighted by Gasteiger charge is 2.39. The SMILES string of the molecule is O=C(CCc1ccccc1F)N[C@@H]1CC[C@@H](N2CCOCC2)[C@@H]1O. The largest absolute Gasteiger partial charge is 0.389 e. The van der Waals surface area contributed by atoms with Crippen LogP contribution >= 0.6 is 0 Å². The van der Waals surface area contributed by atoms with Crippen LogP contribution in [-0.4, -0.2) is 60.4 Å². The Hall–Kier alpha value is -1.50. The molecule has 3 rings (SSSR count). The first kappa shape index (κ1) is 17.3. The van der Waals surface area contributed by atoms with Gasteiger partial charge in [0, 0.05) is 25.6 Å². The Morgan fingerprint density at radius 1 is 1.29 bits per heavy atom. The summed E-state index contributed by atoms with van der Waals surface area (Å²) in [5, 5.41) is 13.4. The summed E-state index contributed by atoms with van der Waals surface area (Å²) >= 11 is 0. The van der Waals surface area contributed by atoms with E-state index in [2.05, 4.69) is 10.2 Å². The van der Waals surface area contributed by atoms with Crippen molar-refractivity contribution in [1.29, 1.82) is 0 Å². The van der Waals surface area contributed by atoms with Crippen molar-refractivity contribution in [2.24, 2.45) is 0 Å². The van der Waals surface area contributed by atoms with Crippen molar-refractivity contribution in [1.82, 2.24) is 10.2 Å². The third kappa shape index (κ3) is 4.12. The molecule has 3 atom stereocenters. The number of carbonyl (C=O) groups is 1. The predicted octanol–water partition coefficient (Wildman–Crippen LogP) is 1.10. The molecule has 24 heavy (non-hydrogen) atoms. The maximum absolute atomic E-state index is 13.6. The summed E-state index contributed by atoms with van der Waals surface area (Å²) < 4.78 is 18.9. The number of aliphatic hydroxyl groups excluding tert-OH is 1. The highest BCUT2D eigenvalue weighted by molar-refractivity contribution is 5.76. The number of carbonyl (C=O) groups excluding carboxylic acids is 1. The van der Waals surface area contributed by atoms with Crippen LogP contribution in [-0.2, 0) is 16.0 Å². The molecule has 0 radical (unpaired) electrons. The average Bonchev–Trinajstić information content (AvgIpc) is 2.96. The Kier molecular flexibility index (Phi) is 5.81. The van der Waals surface area contributed by atoms with Crippen LogP contribution in [0.1, 0.15) is 24.8 Å². The van der Waals surface area contributed by atoms with Gasteiger partial charge in [0.2, 0.25) is 5.91 Å². The van der Waals surface area contributed by atoms with Gasteiger partial charge in [0.15, 0.2) is 0 Å². The second kappa shape index (κ2) is 8.05. The minimum absolute atomic E-state index is 0.0887. The topological polar surface area (TPSA) is 61.8 Å². The molecule has 0 unspecified atom stereocenters.